The predicted octanol–water partition coefficient (Wildman–Crippen LogP) is 1.93. The molecule has 0 aliphatic rings. The molecule has 1 aromatic rings. The van der Waals surface area contributed by atoms with Crippen LogP contribution in [0.2, 0.25) is 0 Å². The fraction of sp³-hybridized carbons (Fsp3) is 0.364. The van der Waals surface area contributed by atoms with Crippen LogP contribution in [0.3, 0.4) is 0 Å². The third-order valence-corrected chi connectivity index (χ3v) is 2.23. The summed E-state index contributed by atoms with van der Waals surface area (Å²) in [7, 11) is 0. The van der Waals surface area contributed by atoms with E-state index < -0.39 is 6.10 Å². The van der Waals surface area contributed by atoms with Gasteiger partial charge in [-0.1, -0.05) is 18.2 Å². The van der Waals surface area contributed by atoms with E-state index in [2.05, 4.69) is 0 Å². The first-order valence-electron chi connectivity index (χ1n) is 4.28. The standard InChI is InChI=1S/C11H14O2/c1-7-4-5-10(6-8(7)2)11(13)9(3)12/h4-6,11,13H,1-3H3. The van der Waals surface area contributed by atoms with Gasteiger partial charge in [0.2, 0.25) is 0 Å². The van der Waals surface area contributed by atoms with Gasteiger partial charge in [0.25, 0.3) is 0 Å². The first kappa shape index (κ1) is 9.93. The Bertz CT molecular complexity index is 329. The number of ketones is 1. The number of aryl methyl sites for hydroxylation is 2. The zero-order valence-electron chi connectivity index (χ0n) is 8.16. The topological polar surface area (TPSA) is 37.3 Å². The Balaban J connectivity index is 3.03. The first-order chi connectivity index (χ1) is 6.02. The van der Waals surface area contributed by atoms with Crippen LogP contribution < -0.4 is 0 Å². The van der Waals surface area contributed by atoms with Crippen LogP contribution in [0, 0.1) is 13.8 Å². The minimum atomic E-state index is -0.973. The van der Waals surface area contributed by atoms with E-state index in [0.717, 1.165) is 5.56 Å². The van der Waals surface area contributed by atoms with Crippen LogP contribution in [0.25, 0.3) is 0 Å². The van der Waals surface area contributed by atoms with Crippen LogP contribution >= 0.6 is 0 Å². The molecule has 0 radical (unpaired) electrons. The molecule has 1 N–H and O–H groups in total. The van der Waals surface area contributed by atoms with Crippen molar-refractivity contribution in [2.75, 3.05) is 0 Å². The number of carbonyl (C=O) groups is 1. The number of aliphatic hydroxyl groups is 1. The molecule has 0 spiro atoms. The summed E-state index contributed by atoms with van der Waals surface area (Å²) in [5.74, 6) is -0.219. The SMILES string of the molecule is CC(=O)C(O)c1ccc(C)c(C)c1. The monoisotopic (exact) mass is 178 g/mol. The maximum absolute atomic E-state index is 10.9. The first-order valence-corrected chi connectivity index (χ1v) is 4.28. The van der Waals surface area contributed by atoms with E-state index in [1.54, 1.807) is 6.07 Å². The number of rotatable bonds is 2. The number of Topliss-reactive ketones (excluding diaryl/α,β-unsaturated/α-hetero) is 1. The van der Waals surface area contributed by atoms with E-state index in [1.807, 2.05) is 26.0 Å². The van der Waals surface area contributed by atoms with E-state index in [-0.39, 0.29) is 5.78 Å². The van der Waals surface area contributed by atoms with Gasteiger partial charge in [-0.25, -0.2) is 0 Å². The number of aliphatic hydroxyl groups excluding tert-OH is 1. The molecule has 0 aliphatic carbocycles. The normalized spacial score (nSPS) is 12.6. The van der Waals surface area contributed by atoms with E-state index in [9.17, 15) is 9.90 Å². The Hall–Kier alpha value is -1.15. The molecule has 0 heterocycles. The van der Waals surface area contributed by atoms with Gasteiger partial charge < -0.3 is 5.11 Å². The lowest BCUT2D eigenvalue weighted by Crippen LogP contribution is -2.07. The van der Waals surface area contributed by atoms with Gasteiger partial charge in [0.05, 0.1) is 0 Å². The van der Waals surface area contributed by atoms with Crippen LogP contribution in [0.15, 0.2) is 18.2 Å². The van der Waals surface area contributed by atoms with E-state index >= 15 is 0 Å². The molecule has 0 fully saturated rings. The van der Waals surface area contributed by atoms with Crippen molar-refractivity contribution in [2.24, 2.45) is 0 Å². The molecule has 0 bridgehead atoms. The molecule has 0 saturated heterocycles. The molecule has 0 aromatic heterocycles. The summed E-state index contributed by atoms with van der Waals surface area (Å²) in [5, 5.41) is 9.46. The summed E-state index contributed by atoms with van der Waals surface area (Å²) in [6, 6.07) is 5.55. The van der Waals surface area contributed by atoms with Crippen molar-refractivity contribution in [3.05, 3.63) is 34.9 Å². The van der Waals surface area contributed by atoms with Crippen LogP contribution in [-0.4, -0.2) is 10.9 Å². The second kappa shape index (κ2) is 3.71. The van der Waals surface area contributed by atoms with Gasteiger partial charge in [-0.15, -0.1) is 0 Å². The lowest BCUT2D eigenvalue weighted by Gasteiger charge is -2.09. The fourth-order valence-corrected chi connectivity index (χ4v) is 1.17. The highest BCUT2D eigenvalue weighted by Gasteiger charge is 2.12. The third kappa shape index (κ3) is 2.16. The fourth-order valence-electron chi connectivity index (χ4n) is 1.17. The van der Waals surface area contributed by atoms with E-state index in [1.165, 1.54) is 12.5 Å². The average molecular weight is 178 g/mol. The lowest BCUT2D eigenvalue weighted by atomic mass is 10.0. The maximum Gasteiger partial charge on any atom is 0.162 e. The molecule has 0 aliphatic heterocycles. The number of hydrogen-bond acceptors (Lipinski definition) is 2. The summed E-state index contributed by atoms with van der Waals surface area (Å²) in [4.78, 5) is 10.9. The van der Waals surface area contributed by atoms with Crippen molar-refractivity contribution >= 4 is 5.78 Å². The third-order valence-electron chi connectivity index (χ3n) is 2.23. The van der Waals surface area contributed by atoms with Crippen molar-refractivity contribution in [3.63, 3.8) is 0 Å². The zero-order valence-corrected chi connectivity index (χ0v) is 8.16. The molecule has 1 rings (SSSR count). The molecule has 1 unspecified atom stereocenters. The van der Waals surface area contributed by atoms with Gasteiger partial charge in [-0.2, -0.15) is 0 Å². The molecular weight excluding hydrogens is 164 g/mol. The highest BCUT2D eigenvalue weighted by atomic mass is 16.3. The van der Waals surface area contributed by atoms with Crippen LogP contribution in [0.1, 0.15) is 29.7 Å². The van der Waals surface area contributed by atoms with Crippen LogP contribution in [0.4, 0.5) is 0 Å². The molecule has 1 atom stereocenters. The Labute approximate surface area is 78.2 Å². The van der Waals surface area contributed by atoms with Crippen LogP contribution in [-0.2, 0) is 4.79 Å². The second-order valence-corrected chi connectivity index (χ2v) is 3.36. The lowest BCUT2D eigenvalue weighted by molar-refractivity contribution is -0.125. The molecule has 2 heteroatoms. The number of carbonyl (C=O) groups excluding carboxylic acids is 1. The van der Waals surface area contributed by atoms with Crippen molar-refractivity contribution in [2.45, 2.75) is 26.9 Å². The Morgan fingerprint density at radius 1 is 1.31 bits per heavy atom. The molecule has 0 saturated carbocycles. The Morgan fingerprint density at radius 2 is 1.92 bits per heavy atom. The quantitative estimate of drug-likeness (QED) is 0.751. The molecule has 70 valence electrons. The van der Waals surface area contributed by atoms with Crippen LogP contribution in [0.5, 0.6) is 0 Å². The molecule has 0 amide bonds. The summed E-state index contributed by atoms with van der Waals surface area (Å²) in [6.07, 6.45) is -0.973. The van der Waals surface area contributed by atoms with Gasteiger partial charge in [-0.3, -0.25) is 4.79 Å². The summed E-state index contributed by atoms with van der Waals surface area (Å²) in [5.41, 5.74) is 2.94. The van der Waals surface area contributed by atoms with Crippen molar-refractivity contribution in [1.82, 2.24) is 0 Å². The molecule has 13 heavy (non-hydrogen) atoms. The van der Waals surface area contributed by atoms with Gasteiger partial charge in [-0.05, 0) is 37.5 Å². The zero-order chi connectivity index (χ0) is 10.0. The molecule has 1 aromatic carbocycles. The number of hydrogen-bond donors (Lipinski definition) is 1. The predicted molar refractivity (Wildman–Crippen MR) is 51.6 cm³/mol. The largest absolute Gasteiger partial charge is 0.381 e. The Morgan fingerprint density at radius 3 is 2.38 bits per heavy atom. The summed E-state index contributed by atoms with van der Waals surface area (Å²) in [6.45, 7) is 5.35. The maximum atomic E-state index is 10.9. The molecule has 2 nitrogen and oxygen atoms in total. The number of benzene rings is 1. The van der Waals surface area contributed by atoms with E-state index in [4.69, 9.17) is 0 Å². The second-order valence-electron chi connectivity index (χ2n) is 3.36. The smallest absolute Gasteiger partial charge is 0.162 e. The van der Waals surface area contributed by atoms with Gasteiger partial charge >= 0.3 is 0 Å². The Kier molecular flexibility index (Phi) is 2.83. The van der Waals surface area contributed by atoms with Gasteiger partial charge in [0.15, 0.2) is 5.78 Å². The van der Waals surface area contributed by atoms with Gasteiger partial charge in [0, 0.05) is 0 Å². The average Bonchev–Trinajstić information content (AvgIpc) is 2.08. The minimum absolute atomic E-state index is 0.219. The molecular formula is C11H14O2. The van der Waals surface area contributed by atoms with Crippen molar-refractivity contribution in [1.29, 1.82) is 0 Å². The van der Waals surface area contributed by atoms with Crippen molar-refractivity contribution in [3.8, 4) is 0 Å². The van der Waals surface area contributed by atoms with Crippen molar-refractivity contribution < 1.29 is 9.90 Å². The highest BCUT2D eigenvalue weighted by Crippen LogP contribution is 2.17. The van der Waals surface area contributed by atoms with E-state index in [0.29, 0.717) is 5.56 Å². The minimum Gasteiger partial charge on any atom is -0.381 e. The van der Waals surface area contributed by atoms with Gasteiger partial charge in [0.1, 0.15) is 6.10 Å². The summed E-state index contributed by atoms with van der Waals surface area (Å²) >= 11 is 0. The summed E-state index contributed by atoms with van der Waals surface area (Å²) < 4.78 is 0. The highest BCUT2D eigenvalue weighted by molar-refractivity contribution is 5.81.